The number of aliphatic hydroxyl groups is 1. The Bertz CT molecular complexity index is 769. The number of nitrogens with one attached hydrogen (secondary N) is 3. The van der Waals surface area contributed by atoms with Gasteiger partial charge in [-0.15, -0.1) is 0 Å². The molecule has 0 bridgehead atoms. The second kappa shape index (κ2) is 7.83. The SMILES string of the molecule is CC(=O)N1CCC(Nc2nc(C)nc3c(NCC(O)CN)n[nH]c23)CC1. The van der Waals surface area contributed by atoms with Gasteiger partial charge >= 0.3 is 0 Å². The van der Waals surface area contributed by atoms with Gasteiger partial charge in [-0.1, -0.05) is 0 Å². The summed E-state index contributed by atoms with van der Waals surface area (Å²) in [6.07, 6.45) is 1.09. The Labute approximate surface area is 151 Å². The number of H-pyrrole nitrogens is 1. The number of anilines is 2. The van der Waals surface area contributed by atoms with Crippen molar-refractivity contribution in [2.24, 2.45) is 5.73 Å². The highest BCUT2D eigenvalue weighted by molar-refractivity contribution is 5.93. The molecule has 26 heavy (non-hydrogen) atoms. The normalized spacial score (nSPS) is 16.7. The van der Waals surface area contributed by atoms with E-state index in [-0.39, 0.29) is 18.5 Å². The third kappa shape index (κ3) is 4.02. The van der Waals surface area contributed by atoms with Crippen LogP contribution in [0.2, 0.25) is 0 Å². The number of hydrogen-bond acceptors (Lipinski definition) is 8. The monoisotopic (exact) mass is 362 g/mol. The van der Waals surface area contributed by atoms with E-state index in [4.69, 9.17) is 5.73 Å². The molecule has 3 heterocycles. The van der Waals surface area contributed by atoms with Crippen molar-refractivity contribution >= 4 is 28.6 Å². The Kier molecular flexibility index (Phi) is 5.52. The molecule has 1 aliphatic rings. The number of rotatable bonds is 6. The summed E-state index contributed by atoms with van der Waals surface area (Å²) in [7, 11) is 0. The second-order valence-corrected chi connectivity index (χ2v) is 6.61. The smallest absolute Gasteiger partial charge is 0.219 e. The maximum Gasteiger partial charge on any atom is 0.219 e. The van der Waals surface area contributed by atoms with E-state index in [9.17, 15) is 9.90 Å². The predicted octanol–water partition coefficient (Wildman–Crippen LogP) is -0.184. The highest BCUT2D eigenvalue weighted by Gasteiger charge is 2.22. The molecule has 0 saturated carbocycles. The Hall–Kier alpha value is -2.46. The number of amides is 1. The van der Waals surface area contributed by atoms with Crippen LogP contribution in [-0.4, -0.2) is 74.4 Å². The lowest BCUT2D eigenvalue weighted by Gasteiger charge is -2.32. The van der Waals surface area contributed by atoms with Crippen LogP contribution in [0.15, 0.2) is 0 Å². The molecule has 1 fully saturated rings. The lowest BCUT2D eigenvalue weighted by molar-refractivity contribution is -0.129. The number of aliphatic hydroxyl groups excluding tert-OH is 1. The van der Waals surface area contributed by atoms with Gasteiger partial charge in [-0.25, -0.2) is 9.97 Å². The maximum atomic E-state index is 11.5. The first-order valence-electron chi connectivity index (χ1n) is 8.84. The van der Waals surface area contributed by atoms with Crippen molar-refractivity contribution in [1.29, 1.82) is 0 Å². The largest absolute Gasteiger partial charge is 0.390 e. The summed E-state index contributed by atoms with van der Waals surface area (Å²) in [4.78, 5) is 22.3. The molecular weight excluding hydrogens is 336 g/mol. The quantitative estimate of drug-likeness (QED) is 0.476. The molecule has 10 nitrogen and oxygen atoms in total. The predicted molar refractivity (Wildman–Crippen MR) is 98.9 cm³/mol. The fraction of sp³-hybridized carbons (Fsp3) is 0.625. The van der Waals surface area contributed by atoms with Crippen LogP contribution in [0.25, 0.3) is 11.0 Å². The molecule has 3 rings (SSSR count). The molecule has 1 unspecified atom stereocenters. The van der Waals surface area contributed by atoms with Crippen LogP contribution in [0.1, 0.15) is 25.6 Å². The Morgan fingerprint density at radius 1 is 1.38 bits per heavy atom. The Morgan fingerprint density at radius 3 is 2.77 bits per heavy atom. The first-order chi connectivity index (χ1) is 12.5. The van der Waals surface area contributed by atoms with Crippen molar-refractivity contribution in [2.75, 3.05) is 36.8 Å². The average molecular weight is 362 g/mol. The number of carbonyl (C=O) groups excluding carboxylic acids is 1. The van der Waals surface area contributed by atoms with E-state index < -0.39 is 6.10 Å². The number of aromatic nitrogens is 4. The standard InChI is InChI=1S/C16H26N8O2/c1-9-19-13-14(22-23-15(13)18-8-12(26)7-17)16(20-9)21-11-3-5-24(6-4-11)10(2)25/h11-12,26H,3-8,17H2,1-2H3,(H2,18,22,23)(H,19,20,21). The van der Waals surface area contributed by atoms with Crippen molar-refractivity contribution in [2.45, 2.75) is 38.8 Å². The van der Waals surface area contributed by atoms with Crippen LogP contribution in [0, 0.1) is 6.92 Å². The number of aromatic amines is 1. The fourth-order valence-electron chi connectivity index (χ4n) is 3.07. The molecule has 142 valence electrons. The number of nitrogens with zero attached hydrogens (tertiary/aromatic N) is 4. The highest BCUT2D eigenvalue weighted by Crippen LogP contribution is 2.26. The molecule has 0 spiro atoms. The van der Waals surface area contributed by atoms with Gasteiger partial charge in [0, 0.05) is 39.1 Å². The number of piperidine rings is 1. The molecule has 1 atom stereocenters. The molecule has 10 heteroatoms. The van der Waals surface area contributed by atoms with E-state index in [1.165, 1.54) is 0 Å². The molecule has 1 aliphatic heterocycles. The molecule has 0 radical (unpaired) electrons. The van der Waals surface area contributed by atoms with Crippen LogP contribution < -0.4 is 16.4 Å². The van der Waals surface area contributed by atoms with Gasteiger partial charge in [0.05, 0.1) is 6.10 Å². The summed E-state index contributed by atoms with van der Waals surface area (Å²) in [5.41, 5.74) is 6.82. The van der Waals surface area contributed by atoms with Crippen LogP contribution in [-0.2, 0) is 4.79 Å². The average Bonchev–Trinajstić information content (AvgIpc) is 3.03. The lowest BCUT2D eigenvalue weighted by Crippen LogP contribution is -2.41. The van der Waals surface area contributed by atoms with Gasteiger partial charge in [0.15, 0.2) is 11.6 Å². The molecule has 1 amide bonds. The van der Waals surface area contributed by atoms with Gasteiger partial charge < -0.3 is 26.4 Å². The van der Waals surface area contributed by atoms with Gasteiger partial charge in [0.1, 0.15) is 16.9 Å². The van der Waals surface area contributed by atoms with E-state index in [1.54, 1.807) is 6.92 Å². The number of hydrogen-bond donors (Lipinski definition) is 5. The molecule has 6 N–H and O–H groups in total. The zero-order valence-electron chi connectivity index (χ0n) is 15.1. The van der Waals surface area contributed by atoms with E-state index in [1.807, 2.05) is 11.8 Å². The van der Waals surface area contributed by atoms with Crippen molar-refractivity contribution < 1.29 is 9.90 Å². The Morgan fingerprint density at radius 2 is 2.12 bits per heavy atom. The molecule has 1 saturated heterocycles. The van der Waals surface area contributed by atoms with Gasteiger partial charge in [-0.3, -0.25) is 9.89 Å². The minimum Gasteiger partial charge on any atom is -0.390 e. The summed E-state index contributed by atoms with van der Waals surface area (Å²) in [5.74, 6) is 2.01. The number of nitrogens with two attached hydrogens (primary N) is 1. The third-order valence-electron chi connectivity index (χ3n) is 4.58. The van der Waals surface area contributed by atoms with Crippen LogP contribution >= 0.6 is 0 Å². The van der Waals surface area contributed by atoms with Gasteiger partial charge in [-0.2, -0.15) is 5.10 Å². The summed E-state index contributed by atoms with van der Waals surface area (Å²) in [6, 6.07) is 0.238. The summed E-state index contributed by atoms with van der Waals surface area (Å²) < 4.78 is 0. The maximum absolute atomic E-state index is 11.5. The van der Waals surface area contributed by atoms with Crippen molar-refractivity contribution in [3.8, 4) is 0 Å². The van der Waals surface area contributed by atoms with Gasteiger partial charge in [-0.05, 0) is 19.8 Å². The van der Waals surface area contributed by atoms with Crippen LogP contribution in [0.5, 0.6) is 0 Å². The van der Waals surface area contributed by atoms with Crippen molar-refractivity contribution in [1.82, 2.24) is 25.1 Å². The summed E-state index contributed by atoms with van der Waals surface area (Å²) >= 11 is 0. The lowest BCUT2D eigenvalue weighted by atomic mass is 10.1. The van der Waals surface area contributed by atoms with E-state index in [0.29, 0.717) is 35.0 Å². The minimum absolute atomic E-state index is 0.118. The zero-order chi connectivity index (χ0) is 18.7. The first-order valence-corrected chi connectivity index (χ1v) is 8.84. The van der Waals surface area contributed by atoms with Gasteiger partial charge in [0.25, 0.3) is 0 Å². The van der Waals surface area contributed by atoms with Crippen LogP contribution in [0.4, 0.5) is 11.6 Å². The van der Waals surface area contributed by atoms with E-state index in [2.05, 4.69) is 30.8 Å². The topological polar surface area (TPSA) is 145 Å². The van der Waals surface area contributed by atoms with E-state index in [0.717, 1.165) is 25.9 Å². The number of aryl methyl sites for hydroxylation is 1. The van der Waals surface area contributed by atoms with Crippen molar-refractivity contribution in [3.05, 3.63) is 5.82 Å². The van der Waals surface area contributed by atoms with E-state index >= 15 is 0 Å². The number of carbonyl (C=O) groups is 1. The molecule has 2 aromatic heterocycles. The highest BCUT2D eigenvalue weighted by atomic mass is 16.3. The first kappa shape index (κ1) is 18.3. The zero-order valence-corrected chi connectivity index (χ0v) is 15.1. The minimum atomic E-state index is -0.645. The molecular formula is C16H26N8O2. The third-order valence-corrected chi connectivity index (χ3v) is 4.58. The Balaban J connectivity index is 1.75. The molecule has 2 aromatic rings. The van der Waals surface area contributed by atoms with Crippen LogP contribution in [0.3, 0.4) is 0 Å². The summed E-state index contributed by atoms with van der Waals surface area (Å²) in [6.45, 7) is 5.39. The van der Waals surface area contributed by atoms with Crippen molar-refractivity contribution in [3.63, 3.8) is 0 Å². The summed E-state index contributed by atoms with van der Waals surface area (Å²) in [5, 5.41) is 23.3. The number of likely N-dealkylation sites (tertiary alicyclic amines) is 1. The number of fused-ring (bicyclic) bond motifs is 1. The van der Waals surface area contributed by atoms with Gasteiger partial charge in [0.2, 0.25) is 5.91 Å². The molecule has 0 aliphatic carbocycles. The second-order valence-electron chi connectivity index (χ2n) is 6.61. The fourth-order valence-corrected chi connectivity index (χ4v) is 3.07. The molecule has 0 aromatic carbocycles.